The number of para-hydroxylation sites is 3. The van der Waals surface area contributed by atoms with Crippen molar-refractivity contribution >= 4 is 35.0 Å². The average Bonchev–Trinajstić information content (AvgIpc) is 2.77. The number of fused-ring (bicyclic) bond motifs is 2. The Morgan fingerprint density at radius 2 is 1.47 bits per heavy atom. The van der Waals surface area contributed by atoms with Gasteiger partial charge in [-0.15, -0.1) is 0 Å². The van der Waals surface area contributed by atoms with Crippen molar-refractivity contribution in [2.75, 3.05) is 18.1 Å². The van der Waals surface area contributed by atoms with Crippen LogP contribution in [0, 0.1) is 5.82 Å². The summed E-state index contributed by atoms with van der Waals surface area (Å²) in [6.07, 6.45) is -0.0926. The van der Waals surface area contributed by atoms with Gasteiger partial charge in [0.05, 0.1) is 24.4 Å². The van der Waals surface area contributed by atoms with Crippen LogP contribution in [0.2, 0.25) is 0 Å². The topological polar surface area (TPSA) is 55.8 Å². The van der Waals surface area contributed by atoms with Crippen molar-refractivity contribution < 1.29 is 23.5 Å². The number of esters is 1. The standard InChI is InChI=1S/C23H18FNO4S/c24-16-7-1-4-10-19(16)28-14-13-23(27)29-15-22(26)25-17-8-2-5-11-20(17)30-21-12-6-3-9-18(21)25/h1-12H,13-15H2. The summed E-state index contributed by atoms with van der Waals surface area (Å²) in [6.45, 7) is -0.439. The van der Waals surface area contributed by atoms with E-state index in [9.17, 15) is 14.0 Å². The molecule has 0 radical (unpaired) electrons. The second-order valence-electron chi connectivity index (χ2n) is 6.46. The minimum Gasteiger partial charge on any atom is -0.490 e. The zero-order chi connectivity index (χ0) is 20.9. The lowest BCUT2D eigenvalue weighted by Gasteiger charge is -2.30. The fourth-order valence-corrected chi connectivity index (χ4v) is 4.12. The molecule has 1 amide bonds. The summed E-state index contributed by atoms with van der Waals surface area (Å²) in [6, 6.07) is 21.1. The molecule has 1 aliphatic rings. The Morgan fingerprint density at radius 1 is 0.867 bits per heavy atom. The normalized spacial score (nSPS) is 12.0. The van der Waals surface area contributed by atoms with E-state index in [1.165, 1.54) is 12.1 Å². The highest BCUT2D eigenvalue weighted by atomic mass is 32.2. The third-order valence-electron chi connectivity index (χ3n) is 4.44. The van der Waals surface area contributed by atoms with Gasteiger partial charge in [0, 0.05) is 9.79 Å². The molecule has 0 aliphatic carbocycles. The van der Waals surface area contributed by atoms with Crippen LogP contribution in [-0.4, -0.2) is 25.1 Å². The molecule has 1 heterocycles. The predicted molar refractivity (Wildman–Crippen MR) is 112 cm³/mol. The van der Waals surface area contributed by atoms with Gasteiger partial charge in [0.1, 0.15) is 0 Å². The zero-order valence-corrected chi connectivity index (χ0v) is 16.7. The van der Waals surface area contributed by atoms with Crippen molar-refractivity contribution in [2.24, 2.45) is 0 Å². The van der Waals surface area contributed by atoms with Gasteiger partial charge >= 0.3 is 5.97 Å². The molecule has 0 N–H and O–H groups in total. The highest BCUT2D eigenvalue weighted by molar-refractivity contribution is 7.99. The van der Waals surface area contributed by atoms with Crippen LogP contribution in [0.15, 0.2) is 82.6 Å². The number of anilines is 2. The van der Waals surface area contributed by atoms with E-state index in [0.717, 1.165) is 21.2 Å². The van der Waals surface area contributed by atoms with E-state index in [4.69, 9.17) is 9.47 Å². The number of hydrogen-bond acceptors (Lipinski definition) is 5. The van der Waals surface area contributed by atoms with E-state index in [0.29, 0.717) is 0 Å². The Labute approximate surface area is 177 Å². The molecule has 4 rings (SSSR count). The second-order valence-corrected chi connectivity index (χ2v) is 7.54. The highest BCUT2D eigenvalue weighted by Gasteiger charge is 2.28. The van der Waals surface area contributed by atoms with Crippen molar-refractivity contribution in [3.63, 3.8) is 0 Å². The lowest BCUT2D eigenvalue weighted by Crippen LogP contribution is -2.32. The van der Waals surface area contributed by atoms with E-state index in [1.807, 2.05) is 48.5 Å². The van der Waals surface area contributed by atoms with E-state index in [1.54, 1.807) is 28.8 Å². The Kier molecular flexibility index (Phi) is 5.99. The number of ether oxygens (including phenoxy) is 2. The number of nitrogens with zero attached hydrogens (tertiary/aromatic N) is 1. The molecular formula is C23H18FNO4S. The first-order chi connectivity index (χ1) is 14.6. The summed E-state index contributed by atoms with van der Waals surface area (Å²) in [4.78, 5) is 28.4. The number of amides is 1. The zero-order valence-electron chi connectivity index (χ0n) is 15.9. The predicted octanol–water partition coefficient (Wildman–Crippen LogP) is 4.97. The molecule has 0 atom stereocenters. The fourth-order valence-electron chi connectivity index (χ4n) is 3.06. The number of halogens is 1. The van der Waals surface area contributed by atoms with Crippen molar-refractivity contribution in [1.82, 2.24) is 0 Å². The van der Waals surface area contributed by atoms with Gasteiger partial charge < -0.3 is 9.47 Å². The molecule has 0 aromatic heterocycles. The first kappa shape index (κ1) is 20.0. The molecule has 1 aliphatic heterocycles. The Bertz CT molecular complexity index is 1040. The van der Waals surface area contributed by atoms with Crippen LogP contribution >= 0.6 is 11.8 Å². The molecular weight excluding hydrogens is 405 g/mol. The third-order valence-corrected chi connectivity index (χ3v) is 5.57. The van der Waals surface area contributed by atoms with Crippen molar-refractivity contribution in [1.29, 1.82) is 0 Å². The molecule has 0 fully saturated rings. The average molecular weight is 423 g/mol. The first-order valence-corrected chi connectivity index (χ1v) is 10.2. The monoisotopic (exact) mass is 423 g/mol. The maximum absolute atomic E-state index is 13.5. The molecule has 3 aromatic carbocycles. The second kappa shape index (κ2) is 9.00. The largest absolute Gasteiger partial charge is 0.490 e. The van der Waals surface area contributed by atoms with E-state index < -0.39 is 18.4 Å². The van der Waals surface area contributed by atoms with E-state index in [-0.39, 0.29) is 24.7 Å². The van der Waals surface area contributed by atoms with Gasteiger partial charge in [-0.3, -0.25) is 14.5 Å². The molecule has 7 heteroatoms. The molecule has 152 valence electrons. The van der Waals surface area contributed by atoms with Gasteiger partial charge in [-0.25, -0.2) is 4.39 Å². The first-order valence-electron chi connectivity index (χ1n) is 9.35. The van der Waals surface area contributed by atoms with Crippen molar-refractivity contribution in [3.8, 4) is 5.75 Å². The Morgan fingerprint density at radius 3 is 2.13 bits per heavy atom. The lowest BCUT2D eigenvalue weighted by molar-refractivity contribution is -0.148. The molecule has 3 aromatic rings. The summed E-state index contributed by atoms with van der Waals surface area (Å²) >= 11 is 1.59. The SMILES string of the molecule is O=C(CCOc1ccccc1F)OCC(=O)N1c2ccccc2Sc2ccccc21. The number of benzene rings is 3. The molecule has 0 saturated heterocycles. The van der Waals surface area contributed by atoms with Crippen LogP contribution < -0.4 is 9.64 Å². The van der Waals surface area contributed by atoms with Crippen LogP contribution in [0.25, 0.3) is 0 Å². The van der Waals surface area contributed by atoms with Gasteiger partial charge in [-0.1, -0.05) is 48.2 Å². The minimum atomic E-state index is -0.590. The third kappa shape index (κ3) is 4.31. The maximum Gasteiger partial charge on any atom is 0.309 e. The lowest BCUT2D eigenvalue weighted by atomic mass is 10.2. The van der Waals surface area contributed by atoms with Gasteiger partial charge in [-0.05, 0) is 36.4 Å². The summed E-state index contributed by atoms with van der Waals surface area (Å²) in [7, 11) is 0. The number of carbonyl (C=O) groups is 2. The summed E-state index contributed by atoms with van der Waals surface area (Å²) in [5.74, 6) is -1.37. The van der Waals surface area contributed by atoms with E-state index in [2.05, 4.69) is 0 Å². The van der Waals surface area contributed by atoms with Crippen LogP contribution in [0.1, 0.15) is 6.42 Å². The minimum absolute atomic E-state index is 0.0417. The molecule has 0 unspecified atom stereocenters. The molecule has 5 nitrogen and oxygen atoms in total. The van der Waals surface area contributed by atoms with Crippen molar-refractivity contribution in [3.05, 3.63) is 78.6 Å². The van der Waals surface area contributed by atoms with Crippen LogP contribution in [-0.2, 0) is 14.3 Å². The number of carbonyl (C=O) groups excluding carboxylic acids is 2. The molecule has 0 spiro atoms. The molecule has 0 bridgehead atoms. The van der Waals surface area contributed by atoms with Crippen molar-refractivity contribution in [2.45, 2.75) is 16.2 Å². The Hall–Kier alpha value is -3.32. The molecule has 30 heavy (non-hydrogen) atoms. The van der Waals surface area contributed by atoms with Crippen LogP contribution in [0.5, 0.6) is 5.75 Å². The maximum atomic E-state index is 13.5. The van der Waals surface area contributed by atoms with Gasteiger partial charge in [0.2, 0.25) is 0 Å². The van der Waals surface area contributed by atoms with Crippen LogP contribution in [0.4, 0.5) is 15.8 Å². The smallest absolute Gasteiger partial charge is 0.309 e. The summed E-state index contributed by atoms with van der Waals surface area (Å²) in [5, 5.41) is 0. The van der Waals surface area contributed by atoms with Gasteiger partial charge in [-0.2, -0.15) is 0 Å². The van der Waals surface area contributed by atoms with Crippen LogP contribution in [0.3, 0.4) is 0 Å². The fraction of sp³-hybridized carbons (Fsp3) is 0.130. The Balaban J connectivity index is 1.37. The van der Waals surface area contributed by atoms with E-state index >= 15 is 0 Å². The van der Waals surface area contributed by atoms with Gasteiger partial charge in [0.25, 0.3) is 5.91 Å². The quantitative estimate of drug-likeness (QED) is 0.524. The number of hydrogen-bond donors (Lipinski definition) is 0. The summed E-state index contributed by atoms with van der Waals surface area (Å²) in [5.41, 5.74) is 1.51. The summed E-state index contributed by atoms with van der Waals surface area (Å²) < 4.78 is 23.9. The highest BCUT2D eigenvalue weighted by Crippen LogP contribution is 2.47. The molecule has 0 saturated carbocycles. The van der Waals surface area contributed by atoms with Gasteiger partial charge in [0.15, 0.2) is 18.2 Å². The number of rotatable bonds is 6.